The number of fused-ring (bicyclic) bond motifs is 2. The van der Waals surface area contributed by atoms with Crippen molar-refractivity contribution in [1.29, 1.82) is 0 Å². The maximum atomic E-state index is 13.1. The van der Waals surface area contributed by atoms with Gasteiger partial charge >= 0.3 is 0 Å². The second-order valence-corrected chi connectivity index (χ2v) is 9.80. The van der Waals surface area contributed by atoms with Crippen LogP contribution in [0, 0.1) is 11.8 Å². The predicted octanol–water partition coefficient (Wildman–Crippen LogP) is 2.85. The fraction of sp³-hybridized carbons (Fsp3) is 0.636. The number of hydrogen-bond acceptors (Lipinski definition) is 6. The molecule has 4 heterocycles. The van der Waals surface area contributed by atoms with E-state index in [0.29, 0.717) is 17.5 Å². The molecule has 0 saturated carbocycles. The summed E-state index contributed by atoms with van der Waals surface area (Å²) in [5.74, 6) is 2.86. The van der Waals surface area contributed by atoms with Gasteiger partial charge in [0.1, 0.15) is 5.76 Å². The van der Waals surface area contributed by atoms with Crippen LogP contribution in [0.5, 0.6) is 0 Å². The highest BCUT2D eigenvalue weighted by Crippen LogP contribution is 2.35. The Bertz CT molecular complexity index is 900. The third kappa shape index (κ3) is 3.30. The fourth-order valence-electron chi connectivity index (χ4n) is 4.94. The van der Waals surface area contributed by atoms with Gasteiger partial charge in [0.15, 0.2) is 11.5 Å². The second kappa shape index (κ2) is 6.82. The van der Waals surface area contributed by atoms with Crippen LogP contribution >= 0.6 is 0 Å². The smallest absolute Gasteiger partial charge is 0.276 e. The average molecular weight is 396 g/mol. The molecule has 2 unspecified atom stereocenters. The van der Waals surface area contributed by atoms with Crippen molar-refractivity contribution < 1.29 is 9.32 Å². The van der Waals surface area contributed by atoms with Crippen LogP contribution in [0.4, 0.5) is 5.82 Å². The molecule has 0 spiro atoms. The normalized spacial score (nSPS) is 24.0. The Morgan fingerprint density at radius 2 is 1.76 bits per heavy atom. The van der Waals surface area contributed by atoms with Crippen LogP contribution in [0.25, 0.3) is 0 Å². The van der Waals surface area contributed by atoms with E-state index in [1.807, 2.05) is 4.90 Å². The van der Waals surface area contributed by atoms with Crippen molar-refractivity contribution in [3.05, 3.63) is 34.8 Å². The Morgan fingerprint density at radius 1 is 1.03 bits per heavy atom. The molecule has 7 heteroatoms. The predicted molar refractivity (Wildman–Crippen MR) is 109 cm³/mol. The van der Waals surface area contributed by atoms with E-state index in [2.05, 4.69) is 53.2 Å². The lowest BCUT2D eigenvalue weighted by Gasteiger charge is -2.23. The molecule has 0 N–H and O–H groups in total. The summed E-state index contributed by atoms with van der Waals surface area (Å²) in [4.78, 5) is 17.4. The average Bonchev–Trinajstić information content (AvgIpc) is 3.39. The zero-order valence-corrected chi connectivity index (χ0v) is 17.5. The van der Waals surface area contributed by atoms with Gasteiger partial charge in [0.2, 0.25) is 0 Å². The Labute approximate surface area is 171 Å². The van der Waals surface area contributed by atoms with Gasteiger partial charge in [-0.1, -0.05) is 25.9 Å². The summed E-state index contributed by atoms with van der Waals surface area (Å²) in [5.41, 5.74) is 2.62. The van der Waals surface area contributed by atoms with Crippen LogP contribution in [0.2, 0.25) is 0 Å². The minimum absolute atomic E-state index is 0.00816. The number of carbonyl (C=O) groups is 1. The van der Waals surface area contributed by atoms with Crippen LogP contribution in [-0.4, -0.2) is 52.3 Å². The number of rotatable bonds is 2. The highest BCUT2D eigenvalue weighted by molar-refractivity contribution is 5.94. The lowest BCUT2D eigenvalue weighted by molar-refractivity contribution is 0.0771. The van der Waals surface area contributed by atoms with Gasteiger partial charge in [0.05, 0.1) is 5.69 Å². The van der Waals surface area contributed by atoms with Gasteiger partial charge in [-0.2, -0.15) is 5.10 Å². The van der Waals surface area contributed by atoms with E-state index in [1.54, 1.807) is 0 Å². The molecule has 2 aromatic heterocycles. The first-order valence-corrected chi connectivity index (χ1v) is 10.8. The van der Waals surface area contributed by atoms with E-state index >= 15 is 0 Å². The molecular formula is C22H29N5O2. The van der Waals surface area contributed by atoms with Crippen LogP contribution in [0.15, 0.2) is 16.7 Å². The molecule has 2 fully saturated rings. The molecule has 1 amide bonds. The summed E-state index contributed by atoms with van der Waals surface area (Å²) >= 11 is 0. The molecule has 7 nitrogen and oxygen atoms in total. The van der Waals surface area contributed by atoms with E-state index in [9.17, 15) is 4.79 Å². The van der Waals surface area contributed by atoms with Gasteiger partial charge in [0.25, 0.3) is 5.91 Å². The highest BCUT2D eigenvalue weighted by Gasteiger charge is 2.43. The van der Waals surface area contributed by atoms with Gasteiger partial charge in [-0.3, -0.25) is 4.79 Å². The van der Waals surface area contributed by atoms with Crippen LogP contribution in [0.3, 0.4) is 0 Å². The van der Waals surface area contributed by atoms with Crippen LogP contribution < -0.4 is 4.90 Å². The largest absolute Gasteiger partial charge is 0.360 e. The third-order valence-electron chi connectivity index (χ3n) is 6.67. The van der Waals surface area contributed by atoms with Crippen molar-refractivity contribution in [2.45, 2.75) is 51.9 Å². The van der Waals surface area contributed by atoms with Gasteiger partial charge < -0.3 is 14.3 Å². The van der Waals surface area contributed by atoms with Crippen molar-refractivity contribution in [3.8, 4) is 0 Å². The molecule has 3 aliphatic rings. The fourth-order valence-corrected chi connectivity index (χ4v) is 4.94. The van der Waals surface area contributed by atoms with Crippen LogP contribution in [-0.2, 0) is 18.3 Å². The Morgan fingerprint density at radius 3 is 2.41 bits per heavy atom. The number of amides is 1. The zero-order chi connectivity index (χ0) is 20.2. The molecule has 0 aromatic carbocycles. The SMILES string of the molecule is CC(C)(C)c1ccc(N2CC3CN(C(=O)c4noc5c4CCCC5)CC3C2)nn1. The van der Waals surface area contributed by atoms with Gasteiger partial charge in [-0.25, -0.2) is 0 Å². The Kier molecular flexibility index (Phi) is 4.37. The lowest BCUT2D eigenvalue weighted by atomic mass is 9.92. The van der Waals surface area contributed by atoms with Crippen molar-refractivity contribution >= 4 is 11.7 Å². The van der Waals surface area contributed by atoms with E-state index in [4.69, 9.17) is 4.52 Å². The van der Waals surface area contributed by atoms with Gasteiger partial charge in [-0.15, -0.1) is 5.10 Å². The number of hydrogen-bond donors (Lipinski definition) is 0. The summed E-state index contributed by atoms with van der Waals surface area (Å²) < 4.78 is 5.45. The molecular weight excluding hydrogens is 366 g/mol. The number of nitrogens with zero attached hydrogens (tertiary/aromatic N) is 5. The van der Waals surface area contributed by atoms with E-state index in [1.165, 1.54) is 0 Å². The van der Waals surface area contributed by atoms with E-state index in [0.717, 1.165) is 74.7 Å². The molecule has 154 valence electrons. The van der Waals surface area contributed by atoms with E-state index < -0.39 is 0 Å². The number of likely N-dealkylation sites (tertiary alicyclic amines) is 1. The third-order valence-corrected chi connectivity index (χ3v) is 6.67. The molecule has 2 aliphatic heterocycles. The minimum atomic E-state index is 0.00816. The van der Waals surface area contributed by atoms with Crippen molar-refractivity contribution in [1.82, 2.24) is 20.3 Å². The summed E-state index contributed by atoms with van der Waals surface area (Å²) in [7, 11) is 0. The summed E-state index contributed by atoms with van der Waals surface area (Å²) in [6.07, 6.45) is 4.06. The van der Waals surface area contributed by atoms with Gasteiger partial charge in [-0.05, 0) is 31.4 Å². The molecule has 5 rings (SSSR count). The highest BCUT2D eigenvalue weighted by atomic mass is 16.5. The first kappa shape index (κ1) is 18.6. The van der Waals surface area contributed by atoms with Gasteiger partial charge in [0, 0.05) is 55.4 Å². The number of carbonyl (C=O) groups excluding carboxylic acids is 1. The molecule has 2 atom stereocenters. The van der Waals surface area contributed by atoms with E-state index in [-0.39, 0.29) is 11.3 Å². The maximum absolute atomic E-state index is 13.1. The molecule has 2 aromatic rings. The van der Waals surface area contributed by atoms with Crippen molar-refractivity contribution in [2.24, 2.45) is 11.8 Å². The molecule has 1 aliphatic carbocycles. The number of aryl methyl sites for hydroxylation is 1. The summed E-state index contributed by atoms with van der Waals surface area (Å²) in [6.45, 7) is 9.87. The maximum Gasteiger partial charge on any atom is 0.276 e. The monoisotopic (exact) mass is 395 g/mol. The molecule has 2 saturated heterocycles. The van der Waals surface area contributed by atoms with Crippen molar-refractivity contribution in [2.75, 3.05) is 31.1 Å². The Hall–Kier alpha value is -2.44. The van der Waals surface area contributed by atoms with Crippen LogP contribution in [0.1, 0.15) is 61.1 Å². The molecule has 0 radical (unpaired) electrons. The first-order valence-electron chi connectivity index (χ1n) is 10.8. The molecule has 29 heavy (non-hydrogen) atoms. The lowest BCUT2D eigenvalue weighted by Crippen LogP contribution is -2.34. The topological polar surface area (TPSA) is 75.4 Å². The Balaban J connectivity index is 1.24. The standard InChI is InChI=1S/C22H29N5O2/c1-22(2,3)18-8-9-19(24-23-18)26-10-14-12-27(13-15(14)11-26)21(28)20-16-6-4-5-7-17(16)29-25-20/h8-9,14-15H,4-7,10-13H2,1-3H3. The number of anilines is 1. The summed E-state index contributed by atoms with van der Waals surface area (Å²) in [6, 6.07) is 4.17. The molecule has 0 bridgehead atoms. The number of aromatic nitrogens is 3. The minimum Gasteiger partial charge on any atom is -0.360 e. The first-order chi connectivity index (χ1) is 13.9. The quantitative estimate of drug-likeness (QED) is 0.778. The van der Waals surface area contributed by atoms with Crippen molar-refractivity contribution in [3.63, 3.8) is 0 Å². The zero-order valence-electron chi connectivity index (χ0n) is 17.5. The summed E-state index contributed by atoms with van der Waals surface area (Å²) in [5, 5.41) is 13.0. The second-order valence-electron chi connectivity index (χ2n) is 9.80.